The molecule has 0 atom stereocenters. The first kappa shape index (κ1) is 20.5. The first-order valence-electron chi connectivity index (χ1n) is 9.91. The number of rotatable bonds is 4. The van der Waals surface area contributed by atoms with Crippen molar-refractivity contribution in [2.24, 2.45) is 0 Å². The van der Waals surface area contributed by atoms with E-state index in [1.165, 1.54) is 4.57 Å². The molecule has 0 aliphatic heterocycles. The highest BCUT2D eigenvalue weighted by molar-refractivity contribution is 9.10. The summed E-state index contributed by atoms with van der Waals surface area (Å²) in [5, 5.41) is 0.997. The third kappa shape index (κ3) is 3.93. The maximum atomic E-state index is 13.3. The summed E-state index contributed by atoms with van der Waals surface area (Å²) < 4.78 is 8.51. The molecule has 5 rings (SSSR count). The van der Waals surface area contributed by atoms with Crippen molar-refractivity contribution in [1.82, 2.24) is 9.55 Å². The molecule has 0 unspecified atom stereocenters. The van der Waals surface area contributed by atoms with E-state index >= 15 is 0 Å². The molecule has 0 saturated heterocycles. The van der Waals surface area contributed by atoms with E-state index in [1.54, 1.807) is 30.4 Å². The van der Waals surface area contributed by atoms with E-state index in [0.717, 1.165) is 15.8 Å². The second-order valence-electron chi connectivity index (χ2n) is 7.12. The van der Waals surface area contributed by atoms with Gasteiger partial charge in [-0.15, -0.1) is 0 Å². The van der Waals surface area contributed by atoms with Crippen LogP contribution in [0.3, 0.4) is 0 Å². The summed E-state index contributed by atoms with van der Waals surface area (Å²) in [5.41, 5.74) is 1.99. The molecule has 4 nitrogen and oxygen atoms in total. The van der Waals surface area contributed by atoms with Crippen LogP contribution in [-0.4, -0.2) is 9.55 Å². The van der Waals surface area contributed by atoms with Gasteiger partial charge in [0.25, 0.3) is 5.56 Å². The highest BCUT2D eigenvalue weighted by atomic mass is 79.9. The number of nitrogens with zero attached hydrogens (tertiary/aromatic N) is 2. The van der Waals surface area contributed by atoms with E-state index in [2.05, 4.69) is 15.9 Å². The van der Waals surface area contributed by atoms with Gasteiger partial charge in [-0.3, -0.25) is 9.36 Å². The highest BCUT2D eigenvalue weighted by Gasteiger charge is 2.13. The molecule has 0 fully saturated rings. The fraction of sp³-hybridized carbons (Fsp3) is 0. The molecule has 0 bridgehead atoms. The topological polar surface area (TPSA) is 48.0 Å². The molecule has 6 heteroatoms. The Bertz CT molecular complexity index is 1520. The Morgan fingerprint density at radius 3 is 2.44 bits per heavy atom. The van der Waals surface area contributed by atoms with Crippen molar-refractivity contribution in [3.05, 3.63) is 116 Å². The van der Waals surface area contributed by atoms with Crippen LogP contribution in [0.15, 0.2) is 98.6 Å². The van der Waals surface area contributed by atoms with E-state index in [-0.39, 0.29) is 5.56 Å². The Labute approximate surface area is 197 Å². The molecule has 0 spiro atoms. The predicted molar refractivity (Wildman–Crippen MR) is 133 cm³/mol. The van der Waals surface area contributed by atoms with Gasteiger partial charge in [0.05, 0.1) is 21.6 Å². The van der Waals surface area contributed by atoms with E-state index in [0.29, 0.717) is 33.2 Å². The van der Waals surface area contributed by atoms with Crippen LogP contribution in [0.5, 0.6) is 0 Å². The molecular weight excluding hydrogens is 488 g/mol. The Kier molecular flexibility index (Phi) is 5.52. The van der Waals surface area contributed by atoms with Crippen molar-refractivity contribution in [2.45, 2.75) is 0 Å². The van der Waals surface area contributed by atoms with Crippen LogP contribution in [0.2, 0.25) is 5.02 Å². The van der Waals surface area contributed by atoms with Gasteiger partial charge in [-0.2, -0.15) is 0 Å². The molecule has 0 radical (unpaired) electrons. The maximum absolute atomic E-state index is 13.3. The molecule has 156 valence electrons. The van der Waals surface area contributed by atoms with E-state index in [9.17, 15) is 4.79 Å². The second kappa shape index (κ2) is 8.61. The quantitative estimate of drug-likeness (QED) is 0.260. The van der Waals surface area contributed by atoms with Gasteiger partial charge in [0.1, 0.15) is 17.3 Å². The minimum absolute atomic E-state index is 0.182. The lowest BCUT2D eigenvalue weighted by molar-refractivity contribution is 0.572. The first-order valence-corrected chi connectivity index (χ1v) is 11.1. The molecule has 5 aromatic rings. The molecule has 2 aromatic heterocycles. The Balaban J connectivity index is 1.61. The lowest BCUT2D eigenvalue weighted by Crippen LogP contribution is -2.22. The van der Waals surface area contributed by atoms with E-state index in [1.807, 2.05) is 66.7 Å². The zero-order chi connectivity index (χ0) is 22.1. The molecule has 0 aliphatic carbocycles. The lowest BCUT2D eigenvalue weighted by Gasteiger charge is -2.12. The van der Waals surface area contributed by atoms with Gasteiger partial charge in [-0.05, 0) is 60.7 Å². The Hall–Kier alpha value is -3.41. The van der Waals surface area contributed by atoms with Crippen LogP contribution in [0, 0.1) is 0 Å². The van der Waals surface area contributed by atoms with Gasteiger partial charge in [-0.25, -0.2) is 4.98 Å². The number of fused-ring (bicyclic) bond motifs is 1. The largest absolute Gasteiger partial charge is 0.457 e. The van der Waals surface area contributed by atoms with Gasteiger partial charge < -0.3 is 4.42 Å². The molecule has 3 aromatic carbocycles. The summed E-state index contributed by atoms with van der Waals surface area (Å²) >= 11 is 9.86. The summed E-state index contributed by atoms with van der Waals surface area (Å²) in [6.45, 7) is 0. The second-order valence-corrected chi connectivity index (χ2v) is 8.44. The number of hydrogen-bond acceptors (Lipinski definition) is 3. The highest BCUT2D eigenvalue weighted by Crippen LogP contribution is 2.26. The van der Waals surface area contributed by atoms with E-state index in [4.69, 9.17) is 21.0 Å². The lowest BCUT2D eigenvalue weighted by atomic mass is 10.2. The number of benzene rings is 3. The van der Waals surface area contributed by atoms with Crippen molar-refractivity contribution in [2.75, 3.05) is 0 Å². The Morgan fingerprint density at radius 2 is 1.62 bits per heavy atom. The molecule has 0 amide bonds. The molecule has 0 aliphatic rings. The van der Waals surface area contributed by atoms with Gasteiger partial charge >= 0.3 is 0 Å². The number of aromatic nitrogens is 2. The zero-order valence-corrected chi connectivity index (χ0v) is 19.0. The summed E-state index contributed by atoms with van der Waals surface area (Å²) in [5.74, 6) is 1.87. The van der Waals surface area contributed by atoms with Crippen molar-refractivity contribution in [3.8, 4) is 17.0 Å². The number of hydrogen-bond donors (Lipinski definition) is 0. The third-order valence-corrected chi connectivity index (χ3v) is 5.90. The van der Waals surface area contributed by atoms with Gasteiger partial charge in [0.2, 0.25) is 0 Å². The third-order valence-electron chi connectivity index (χ3n) is 5.05. The molecule has 0 N–H and O–H groups in total. The van der Waals surface area contributed by atoms with E-state index < -0.39 is 0 Å². The minimum atomic E-state index is -0.182. The number of halogens is 2. The average Bonchev–Trinajstić information content (AvgIpc) is 3.28. The van der Waals surface area contributed by atoms with Gasteiger partial charge in [0, 0.05) is 10.0 Å². The molecular formula is C26H16BrClN2O2. The van der Waals surface area contributed by atoms with Crippen LogP contribution < -0.4 is 5.56 Å². The van der Waals surface area contributed by atoms with Crippen molar-refractivity contribution < 1.29 is 4.42 Å². The Morgan fingerprint density at radius 1 is 0.875 bits per heavy atom. The monoisotopic (exact) mass is 502 g/mol. The SMILES string of the molecule is O=c1c2ccccc2nc(/C=C/c2ccc(-c3ccc(Br)cc3)o2)n1-c1ccccc1Cl. The predicted octanol–water partition coefficient (Wildman–Crippen LogP) is 7.23. The molecule has 32 heavy (non-hydrogen) atoms. The normalized spacial score (nSPS) is 11.4. The minimum Gasteiger partial charge on any atom is -0.457 e. The fourth-order valence-electron chi connectivity index (χ4n) is 3.50. The van der Waals surface area contributed by atoms with Crippen molar-refractivity contribution >= 4 is 50.6 Å². The molecule has 2 heterocycles. The summed E-state index contributed by atoms with van der Waals surface area (Å²) in [6.07, 6.45) is 3.56. The fourth-order valence-corrected chi connectivity index (χ4v) is 3.98. The number of furan rings is 1. The molecule has 0 saturated carbocycles. The summed E-state index contributed by atoms with van der Waals surface area (Å²) in [7, 11) is 0. The van der Waals surface area contributed by atoms with Crippen LogP contribution in [-0.2, 0) is 0 Å². The van der Waals surface area contributed by atoms with Crippen LogP contribution in [0.4, 0.5) is 0 Å². The van der Waals surface area contributed by atoms with Gasteiger partial charge in [0.15, 0.2) is 0 Å². The average molecular weight is 504 g/mol. The van der Waals surface area contributed by atoms with Crippen molar-refractivity contribution in [3.63, 3.8) is 0 Å². The van der Waals surface area contributed by atoms with Crippen molar-refractivity contribution in [1.29, 1.82) is 0 Å². The zero-order valence-electron chi connectivity index (χ0n) is 16.7. The van der Waals surface area contributed by atoms with Crippen LogP contribution >= 0.6 is 27.5 Å². The standard InChI is InChI=1S/C26H16BrClN2O2/c27-18-11-9-17(10-12-18)24-15-13-19(32-24)14-16-25-29-22-7-3-1-5-20(22)26(31)30(25)23-8-4-2-6-21(23)28/h1-16H/b16-14+. The van der Waals surface area contributed by atoms with Crippen LogP contribution in [0.1, 0.15) is 11.6 Å². The maximum Gasteiger partial charge on any atom is 0.266 e. The first-order chi connectivity index (χ1) is 15.6. The van der Waals surface area contributed by atoms with Crippen LogP contribution in [0.25, 0.3) is 40.1 Å². The number of para-hydroxylation sites is 2. The van der Waals surface area contributed by atoms with Gasteiger partial charge in [-0.1, -0.05) is 63.9 Å². The smallest absolute Gasteiger partial charge is 0.266 e. The summed E-state index contributed by atoms with van der Waals surface area (Å²) in [4.78, 5) is 18.0. The summed E-state index contributed by atoms with van der Waals surface area (Å²) in [6, 6.07) is 26.2.